The van der Waals surface area contributed by atoms with Crippen LogP contribution in [0.2, 0.25) is 0 Å². The van der Waals surface area contributed by atoms with Gasteiger partial charge < -0.3 is 34.1 Å². The maximum atomic E-state index is 13.6. The summed E-state index contributed by atoms with van der Waals surface area (Å²) in [5.41, 5.74) is 1.54. The first-order valence-electron chi connectivity index (χ1n) is 12.2. The molecule has 0 atom stereocenters. The van der Waals surface area contributed by atoms with E-state index >= 15 is 0 Å². The highest BCUT2D eigenvalue weighted by atomic mass is 32.1. The Morgan fingerprint density at radius 3 is 2.29 bits per heavy atom. The third-order valence-electron chi connectivity index (χ3n) is 5.93. The zero-order chi connectivity index (χ0) is 27.3. The molecule has 0 aliphatic heterocycles. The number of urea groups is 1. The van der Waals surface area contributed by atoms with Gasteiger partial charge in [-0.25, -0.2) is 4.79 Å². The predicted molar refractivity (Wildman–Crippen MR) is 148 cm³/mol. The highest BCUT2D eigenvalue weighted by Gasteiger charge is 2.23. The zero-order valence-electron chi connectivity index (χ0n) is 22.3. The number of hydrogen-bond acceptors (Lipinski definition) is 7. The molecule has 1 heterocycles. The second-order valence-electron chi connectivity index (χ2n) is 8.38. The van der Waals surface area contributed by atoms with Gasteiger partial charge in [0.2, 0.25) is 5.91 Å². The molecule has 0 aliphatic rings. The Hall–Kier alpha value is -3.76. The fraction of sp³-hybridized carbons (Fsp3) is 0.357. The van der Waals surface area contributed by atoms with Gasteiger partial charge >= 0.3 is 6.03 Å². The number of rotatable bonds is 14. The molecule has 38 heavy (non-hydrogen) atoms. The van der Waals surface area contributed by atoms with Crippen molar-refractivity contribution >= 4 is 29.0 Å². The summed E-state index contributed by atoms with van der Waals surface area (Å²) in [5.74, 6) is 1.66. The van der Waals surface area contributed by atoms with Crippen LogP contribution < -0.4 is 19.5 Å². The first kappa shape index (κ1) is 28.8. The number of nitrogens with zero attached hydrogens (tertiary/aromatic N) is 2. The fourth-order valence-electron chi connectivity index (χ4n) is 3.84. The van der Waals surface area contributed by atoms with Crippen molar-refractivity contribution < 1.29 is 28.5 Å². The molecule has 10 heteroatoms. The number of benzene rings is 2. The Kier molecular flexibility index (Phi) is 11.3. The van der Waals surface area contributed by atoms with Gasteiger partial charge in [-0.15, -0.1) is 11.3 Å². The number of nitrogens with one attached hydrogen (secondary N) is 1. The molecular weight excluding hydrogens is 506 g/mol. The summed E-state index contributed by atoms with van der Waals surface area (Å²) in [6, 6.07) is 16.4. The van der Waals surface area contributed by atoms with E-state index in [1.165, 1.54) is 12.0 Å². The lowest BCUT2D eigenvalue weighted by atomic mass is 10.1. The molecule has 3 rings (SSSR count). The Balaban J connectivity index is 1.75. The molecule has 0 spiro atoms. The number of carbonyl (C=O) groups is 2. The molecule has 9 nitrogen and oxygen atoms in total. The smallest absolute Gasteiger partial charge is 0.322 e. The second-order valence-corrected chi connectivity index (χ2v) is 9.41. The summed E-state index contributed by atoms with van der Waals surface area (Å²) in [7, 11) is 6.29. The zero-order valence-corrected chi connectivity index (χ0v) is 23.1. The Bertz CT molecular complexity index is 1170. The van der Waals surface area contributed by atoms with Gasteiger partial charge in [0.1, 0.15) is 12.3 Å². The molecule has 1 N–H and O–H groups in total. The summed E-state index contributed by atoms with van der Waals surface area (Å²) in [6.07, 6.45) is 0.614. The van der Waals surface area contributed by atoms with Gasteiger partial charge in [0.05, 0.1) is 40.2 Å². The molecule has 2 aromatic carbocycles. The third kappa shape index (κ3) is 8.12. The molecule has 3 aromatic rings. The number of methoxy groups -OCH3 is 4. The summed E-state index contributed by atoms with van der Waals surface area (Å²) < 4.78 is 21.3. The van der Waals surface area contributed by atoms with Crippen molar-refractivity contribution in [3.63, 3.8) is 0 Å². The normalized spacial score (nSPS) is 10.5. The number of anilines is 1. The highest BCUT2D eigenvalue weighted by molar-refractivity contribution is 7.09. The summed E-state index contributed by atoms with van der Waals surface area (Å²) in [4.78, 5) is 31.0. The molecule has 0 unspecified atom stereocenters. The van der Waals surface area contributed by atoms with E-state index in [9.17, 15) is 9.59 Å². The van der Waals surface area contributed by atoms with Gasteiger partial charge in [-0.05, 0) is 47.7 Å². The minimum Gasteiger partial charge on any atom is -0.495 e. The summed E-state index contributed by atoms with van der Waals surface area (Å²) in [5, 5.41) is 4.84. The van der Waals surface area contributed by atoms with Gasteiger partial charge in [-0.1, -0.05) is 24.3 Å². The van der Waals surface area contributed by atoms with Gasteiger partial charge in [-0.2, -0.15) is 0 Å². The fourth-order valence-corrected chi connectivity index (χ4v) is 4.56. The minimum absolute atomic E-state index is 0.0956. The van der Waals surface area contributed by atoms with Gasteiger partial charge in [-0.3, -0.25) is 4.79 Å². The van der Waals surface area contributed by atoms with Crippen LogP contribution in [-0.2, 0) is 22.5 Å². The number of ether oxygens (including phenoxy) is 4. The lowest BCUT2D eigenvalue weighted by molar-refractivity contribution is -0.132. The Morgan fingerprint density at radius 2 is 1.61 bits per heavy atom. The van der Waals surface area contributed by atoms with Crippen LogP contribution in [0.15, 0.2) is 60.0 Å². The number of amides is 3. The number of carbonyl (C=O) groups excluding carboxylic acids is 2. The van der Waals surface area contributed by atoms with Crippen LogP contribution in [0.25, 0.3) is 0 Å². The third-order valence-corrected chi connectivity index (χ3v) is 6.79. The molecule has 3 amide bonds. The minimum atomic E-state index is -0.407. The van der Waals surface area contributed by atoms with E-state index in [0.29, 0.717) is 49.1 Å². The molecule has 0 saturated heterocycles. The van der Waals surface area contributed by atoms with Crippen molar-refractivity contribution in [1.82, 2.24) is 9.80 Å². The summed E-state index contributed by atoms with van der Waals surface area (Å²) >= 11 is 1.59. The van der Waals surface area contributed by atoms with E-state index in [1.807, 2.05) is 41.8 Å². The lowest BCUT2D eigenvalue weighted by Gasteiger charge is -2.28. The van der Waals surface area contributed by atoms with E-state index in [0.717, 1.165) is 10.4 Å². The molecule has 0 radical (unpaired) electrons. The molecule has 0 fully saturated rings. The van der Waals surface area contributed by atoms with E-state index < -0.39 is 6.03 Å². The molecule has 0 saturated carbocycles. The van der Waals surface area contributed by atoms with E-state index in [4.69, 9.17) is 18.9 Å². The van der Waals surface area contributed by atoms with Crippen LogP contribution in [0.3, 0.4) is 0 Å². The monoisotopic (exact) mass is 541 g/mol. The van der Waals surface area contributed by atoms with Crippen LogP contribution in [0.5, 0.6) is 17.2 Å². The number of hydrogen-bond donors (Lipinski definition) is 1. The lowest BCUT2D eigenvalue weighted by Crippen LogP contribution is -2.46. The molecule has 0 bridgehead atoms. The molecule has 1 aromatic heterocycles. The topological polar surface area (TPSA) is 89.6 Å². The Morgan fingerprint density at radius 1 is 0.842 bits per heavy atom. The molecule has 204 valence electrons. The second kappa shape index (κ2) is 14.8. The van der Waals surface area contributed by atoms with Crippen molar-refractivity contribution in [2.45, 2.75) is 13.0 Å². The van der Waals surface area contributed by atoms with Gasteiger partial charge in [0, 0.05) is 25.1 Å². The van der Waals surface area contributed by atoms with Crippen LogP contribution in [0.4, 0.5) is 10.5 Å². The van der Waals surface area contributed by atoms with Crippen molar-refractivity contribution in [2.75, 3.05) is 60.0 Å². The average Bonchev–Trinajstić information content (AvgIpc) is 3.46. The Labute approximate surface area is 227 Å². The average molecular weight is 542 g/mol. The number of para-hydroxylation sites is 2. The van der Waals surface area contributed by atoms with E-state index in [2.05, 4.69) is 5.32 Å². The number of thiophene rings is 1. The molecule has 0 aliphatic carbocycles. The van der Waals surface area contributed by atoms with Crippen LogP contribution in [0.1, 0.15) is 10.4 Å². The van der Waals surface area contributed by atoms with Crippen molar-refractivity contribution in [2.24, 2.45) is 0 Å². The van der Waals surface area contributed by atoms with E-state index in [-0.39, 0.29) is 19.0 Å². The highest BCUT2D eigenvalue weighted by Crippen LogP contribution is 2.28. The quantitative estimate of drug-likeness (QED) is 0.323. The standard InChI is InChI=1S/C28H35N3O6S/c1-34-16-15-31(28(33)29-23-9-5-6-10-24(23)35-2)20-27(32)30(19-22-8-7-17-38-22)14-13-21-11-12-25(36-3)26(18-21)37-4/h5-12,17-18H,13-16,19-20H2,1-4H3,(H,29,33). The first-order chi connectivity index (χ1) is 18.5. The van der Waals surface area contributed by atoms with Gasteiger partial charge in [0.15, 0.2) is 11.5 Å². The maximum absolute atomic E-state index is 13.6. The predicted octanol–water partition coefficient (Wildman–Crippen LogP) is 4.53. The van der Waals surface area contributed by atoms with E-state index in [1.54, 1.807) is 55.8 Å². The van der Waals surface area contributed by atoms with Crippen molar-refractivity contribution in [1.29, 1.82) is 0 Å². The molecular formula is C28H35N3O6S. The first-order valence-corrected chi connectivity index (χ1v) is 13.1. The van der Waals surface area contributed by atoms with Gasteiger partial charge in [0.25, 0.3) is 0 Å². The maximum Gasteiger partial charge on any atom is 0.322 e. The van der Waals surface area contributed by atoms with Crippen LogP contribution in [0, 0.1) is 0 Å². The summed E-state index contributed by atoms with van der Waals surface area (Å²) in [6.45, 7) is 1.38. The van der Waals surface area contributed by atoms with Crippen molar-refractivity contribution in [3.8, 4) is 17.2 Å². The van der Waals surface area contributed by atoms with Crippen LogP contribution in [-0.4, -0.2) is 76.4 Å². The van der Waals surface area contributed by atoms with Crippen molar-refractivity contribution in [3.05, 3.63) is 70.4 Å². The van der Waals surface area contributed by atoms with Crippen LogP contribution >= 0.6 is 11.3 Å². The SMILES string of the molecule is COCCN(CC(=O)N(CCc1ccc(OC)c(OC)c1)Cc1cccs1)C(=O)Nc1ccccc1OC. The largest absolute Gasteiger partial charge is 0.495 e.